The summed E-state index contributed by atoms with van der Waals surface area (Å²) in [6.45, 7) is 7.30. The third-order valence-corrected chi connectivity index (χ3v) is 3.99. The molecule has 5 heteroatoms. The monoisotopic (exact) mass is 349 g/mol. The van der Waals surface area contributed by atoms with Gasteiger partial charge < -0.3 is 9.84 Å². The normalized spacial score (nSPS) is 20.6. The summed E-state index contributed by atoms with van der Waals surface area (Å²) >= 11 is 3.40. The predicted octanol–water partition coefficient (Wildman–Crippen LogP) is 3.02. The molecule has 1 heterocycles. The second-order valence-electron chi connectivity index (χ2n) is 5.38. The number of hydrogen-bond acceptors (Lipinski definition) is 3. The molecule has 0 spiro atoms. The van der Waals surface area contributed by atoms with Gasteiger partial charge >= 0.3 is 0 Å². The van der Waals surface area contributed by atoms with Gasteiger partial charge in [-0.25, -0.2) is 0 Å². The van der Waals surface area contributed by atoms with E-state index in [9.17, 15) is 5.11 Å². The van der Waals surface area contributed by atoms with E-state index < -0.39 is 6.10 Å². The summed E-state index contributed by atoms with van der Waals surface area (Å²) in [6.07, 6.45) is -0.449. The molecular formula is C14H21BrClNO2. The van der Waals surface area contributed by atoms with Crippen LogP contribution in [0.25, 0.3) is 0 Å². The Balaban J connectivity index is 0.00000180. The van der Waals surface area contributed by atoms with Gasteiger partial charge in [0.1, 0.15) is 0 Å². The summed E-state index contributed by atoms with van der Waals surface area (Å²) in [5, 5.41) is 10.3. The average Bonchev–Trinajstić information content (AvgIpc) is 2.32. The molecule has 1 aromatic rings. The van der Waals surface area contributed by atoms with E-state index in [0.29, 0.717) is 6.54 Å². The highest BCUT2D eigenvalue weighted by Crippen LogP contribution is 2.24. The Bertz CT molecular complexity index is 397. The Kier molecular flexibility index (Phi) is 6.27. The van der Waals surface area contributed by atoms with Crippen LogP contribution in [0.1, 0.15) is 25.5 Å². The predicted molar refractivity (Wildman–Crippen MR) is 82.8 cm³/mol. The molecule has 0 aliphatic carbocycles. The van der Waals surface area contributed by atoms with E-state index in [2.05, 4.69) is 34.7 Å². The molecule has 0 amide bonds. The van der Waals surface area contributed by atoms with E-state index in [1.54, 1.807) is 0 Å². The minimum Gasteiger partial charge on any atom is -0.387 e. The molecular weight excluding hydrogens is 330 g/mol. The van der Waals surface area contributed by atoms with Crippen LogP contribution in [-0.4, -0.2) is 41.8 Å². The van der Waals surface area contributed by atoms with Gasteiger partial charge in [-0.05, 0) is 31.5 Å². The van der Waals surface area contributed by atoms with E-state index >= 15 is 0 Å². The Morgan fingerprint density at radius 2 is 2.00 bits per heavy atom. The van der Waals surface area contributed by atoms with Crippen LogP contribution in [0, 0.1) is 0 Å². The number of morpholine rings is 1. The van der Waals surface area contributed by atoms with Crippen LogP contribution in [-0.2, 0) is 4.74 Å². The average molecular weight is 351 g/mol. The summed E-state index contributed by atoms with van der Waals surface area (Å²) in [5.74, 6) is 0. The maximum absolute atomic E-state index is 10.3. The Morgan fingerprint density at radius 3 is 2.58 bits per heavy atom. The SMILES string of the molecule is CC1(C)COCCN1CC(O)c1ccc(Br)cc1.Cl. The molecule has 0 saturated carbocycles. The van der Waals surface area contributed by atoms with Crippen molar-refractivity contribution in [3.8, 4) is 0 Å². The largest absolute Gasteiger partial charge is 0.387 e. The van der Waals surface area contributed by atoms with Gasteiger partial charge in [-0.3, -0.25) is 4.90 Å². The first-order valence-electron chi connectivity index (χ1n) is 6.25. The quantitative estimate of drug-likeness (QED) is 0.909. The highest BCUT2D eigenvalue weighted by atomic mass is 79.9. The van der Waals surface area contributed by atoms with Crippen molar-refractivity contribution in [2.45, 2.75) is 25.5 Å². The fourth-order valence-corrected chi connectivity index (χ4v) is 2.49. The number of benzene rings is 1. The number of hydrogen-bond donors (Lipinski definition) is 1. The molecule has 1 N–H and O–H groups in total. The number of halogens is 2. The Hall–Kier alpha value is -0.130. The molecule has 1 aromatic carbocycles. The van der Waals surface area contributed by atoms with Gasteiger partial charge in [0.05, 0.1) is 19.3 Å². The molecule has 19 heavy (non-hydrogen) atoms. The zero-order chi connectivity index (χ0) is 13.2. The lowest BCUT2D eigenvalue weighted by molar-refractivity contribution is -0.0667. The van der Waals surface area contributed by atoms with Crippen molar-refractivity contribution in [3.05, 3.63) is 34.3 Å². The van der Waals surface area contributed by atoms with E-state index in [4.69, 9.17) is 4.74 Å². The molecule has 1 unspecified atom stereocenters. The maximum Gasteiger partial charge on any atom is 0.0917 e. The van der Waals surface area contributed by atoms with Gasteiger partial charge in [0, 0.05) is 23.1 Å². The summed E-state index contributed by atoms with van der Waals surface area (Å²) in [7, 11) is 0. The molecule has 3 nitrogen and oxygen atoms in total. The van der Waals surface area contributed by atoms with E-state index in [-0.39, 0.29) is 17.9 Å². The molecule has 1 aliphatic rings. The minimum absolute atomic E-state index is 0. The number of aliphatic hydroxyl groups excluding tert-OH is 1. The number of β-amino-alcohol motifs (C(OH)–C–C–N with tert-alkyl or cyclic N) is 1. The van der Waals surface area contributed by atoms with Crippen molar-refractivity contribution in [2.75, 3.05) is 26.3 Å². The van der Waals surface area contributed by atoms with Crippen LogP contribution >= 0.6 is 28.3 Å². The highest BCUT2D eigenvalue weighted by molar-refractivity contribution is 9.10. The summed E-state index contributed by atoms with van der Waals surface area (Å²) in [6, 6.07) is 7.84. The molecule has 2 rings (SSSR count). The highest BCUT2D eigenvalue weighted by Gasteiger charge is 2.31. The van der Waals surface area contributed by atoms with Crippen molar-refractivity contribution in [3.63, 3.8) is 0 Å². The number of nitrogens with zero attached hydrogens (tertiary/aromatic N) is 1. The molecule has 0 bridgehead atoms. The van der Waals surface area contributed by atoms with Crippen molar-refractivity contribution in [1.82, 2.24) is 4.90 Å². The Morgan fingerprint density at radius 1 is 1.37 bits per heavy atom. The lowest BCUT2D eigenvalue weighted by atomic mass is 10.0. The first kappa shape index (κ1) is 16.9. The molecule has 1 atom stereocenters. The second-order valence-corrected chi connectivity index (χ2v) is 6.29. The third kappa shape index (κ3) is 4.43. The van der Waals surface area contributed by atoms with Crippen molar-refractivity contribution in [2.24, 2.45) is 0 Å². The van der Waals surface area contributed by atoms with E-state index in [1.165, 1.54) is 0 Å². The Labute approximate surface area is 129 Å². The van der Waals surface area contributed by atoms with Crippen LogP contribution in [0.3, 0.4) is 0 Å². The van der Waals surface area contributed by atoms with E-state index in [0.717, 1.165) is 29.8 Å². The molecule has 1 saturated heterocycles. The topological polar surface area (TPSA) is 32.7 Å². The van der Waals surface area contributed by atoms with Gasteiger partial charge in [-0.2, -0.15) is 0 Å². The van der Waals surface area contributed by atoms with Crippen LogP contribution in [0.2, 0.25) is 0 Å². The summed E-state index contributed by atoms with van der Waals surface area (Å²) < 4.78 is 6.52. The standard InChI is InChI=1S/C14H20BrNO2.ClH/c1-14(2)10-18-8-7-16(14)9-13(17)11-3-5-12(15)6-4-11;/h3-6,13,17H,7-10H2,1-2H3;1H. The smallest absolute Gasteiger partial charge is 0.0917 e. The van der Waals surface area contributed by atoms with E-state index in [1.807, 2.05) is 24.3 Å². The first-order valence-corrected chi connectivity index (χ1v) is 7.05. The van der Waals surface area contributed by atoms with Crippen LogP contribution in [0.5, 0.6) is 0 Å². The molecule has 1 aliphatic heterocycles. The van der Waals surface area contributed by atoms with Gasteiger partial charge in [0.15, 0.2) is 0 Å². The van der Waals surface area contributed by atoms with Crippen LogP contribution in [0.15, 0.2) is 28.7 Å². The third-order valence-electron chi connectivity index (χ3n) is 3.46. The fourth-order valence-electron chi connectivity index (χ4n) is 2.23. The van der Waals surface area contributed by atoms with Crippen molar-refractivity contribution >= 4 is 28.3 Å². The summed E-state index contributed by atoms with van der Waals surface area (Å²) in [5.41, 5.74) is 0.953. The number of ether oxygens (including phenoxy) is 1. The zero-order valence-corrected chi connectivity index (χ0v) is 13.7. The van der Waals surface area contributed by atoms with Crippen LogP contribution in [0.4, 0.5) is 0 Å². The maximum atomic E-state index is 10.3. The van der Waals surface area contributed by atoms with Gasteiger partial charge in [0.2, 0.25) is 0 Å². The minimum atomic E-state index is -0.449. The van der Waals surface area contributed by atoms with Crippen LogP contribution < -0.4 is 0 Å². The molecule has 1 fully saturated rings. The van der Waals surface area contributed by atoms with Gasteiger partial charge in [-0.1, -0.05) is 28.1 Å². The molecule has 0 aromatic heterocycles. The zero-order valence-electron chi connectivity index (χ0n) is 11.3. The fraction of sp³-hybridized carbons (Fsp3) is 0.571. The molecule has 108 valence electrons. The van der Waals surface area contributed by atoms with Gasteiger partial charge in [-0.15, -0.1) is 12.4 Å². The lowest BCUT2D eigenvalue weighted by Crippen LogP contribution is -2.54. The first-order chi connectivity index (χ1) is 8.49. The number of aliphatic hydroxyl groups is 1. The second kappa shape index (κ2) is 7.04. The summed E-state index contributed by atoms with van der Waals surface area (Å²) in [4.78, 5) is 2.29. The van der Waals surface area contributed by atoms with Crippen molar-refractivity contribution in [1.29, 1.82) is 0 Å². The van der Waals surface area contributed by atoms with Gasteiger partial charge in [0.25, 0.3) is 0 Å². The van der Waals surface area contributed by atoms with Crippen molar-refractivity contribution < 1.29 is 9.84 Å². The molecule has 0 radical (unpaired) electrons. The number of rotatable bonds is 3. The lowest BCUT2D eigenvalue weighted by Gasteiger charge is -2.43.